The summed E-state index contributed by atoms with van der Waals surface area (Å²) in [7, 11) is 1.63. The molecule has 0 unspecified atom stereocenters. The molecule has 0 spiro atoms. The minimum atomic E-state index is -1.04. The topological polar surface area (TPSA) is 87.5 Å². The molecule has 1 saturated heterocycles. The molecule has 1 aromatic rings. The molecule has 8 heteroatoms. The van der Waals surface area contributed by atoms with Gasteiger partial charge in [0.2, 0.25) is 5.91 Å². The lowest BCUT2D eigenvalue weighted by Gasteiger charge is -2.40. The van der Waals surface area contributed by atoms with Crippen LogP contribution in [0.1, 0.15) is 61.0 Å². The van der Waals surface area contributed by atoms with E-state index >= 15 is 0 Å². The molecule has 0 aromatic carbocycles. The highest BCUT2D eigenvalue weighted by molar-refractivity contribution is 6.01. The summed E-state index contributed by atoms with van der Waals surface area (Å²) in [6.07, 6.45) is 2.87. The Hall–Kier alpha value is -2.38. The lowest BCUT2D eigenvalue weighted by atomic mass is 9.95. The highest BCUT2D eigenvalue weighted by Gasteiger charge is 2.46. The van der Waals surface area contributed by atoms with Crippen LogP contribution in [0.3, 0.4) is 0 Å². The molecule has 27 heavy (non-hydrogen) atoms. The molecule has 0 bridgehead atoms. The number of rotatable bonds is 5. The van der Waals surface area contributed by atoms with Crippen LogP contribution < -0.4 is 5.32 Å². The van der Waals surface area contributed by atoms with Gasteiger partial charge in [0.05, 0.1) is 6.54 Å². The largest absolute Gasteiger partial charge is 0.354 e. The van der Waals surface area contributed by atoms with Gasteiger partial charge in [0, 0.05) is 32.7 Å². The van der Waals surface area contributed by atoms with Crippen LogP contribution in [0, 0.1) is 5.92 Å². The van der Waals surface area contributed by atoms with Gasteiger partial charge < -0.3 is 15.1 Å². The van der Waals surface area contributed by atoms with E-state index in [0.29, 0.717) is 18.2 Å². The molecule has 2 aliphatic rings. The fourth-order valence-corrected chi connectivity index (χ4v) is 3.58. The average Bonchev–Trinajstić information content (AvgIpc) is 3.28. The molecule has 3 rings (SSSR count). The third-order valence-corrected chi connectivity index (χ3v) is 5.61. The highest BCUT2D eigenvalue weighted by atomic mass is 16.2. The van der Waals surface area contributed by atoms with Gasteiger partial charge in [-0.1, -0.05) is 13.8 Å². The number of carbonyl (C=O) groups is 3. The first-order chi connectivity index (χ1) is 12.7. The van der Waals surface area contributed by atoms with Gasteiger partial charge in [-0.2, -0.15) is 5.10 Å². The second-order valence-electron chi connectivity index (χ2n) is 8.15. The van der Waals surface area contributed by atoms with Crippen molar-refractivity contribution in [3.8, 4) is 0 Å². The summed E-state index contributed by atoms with van der Waals surface area (Å²) in [5.41, 5.74) is -0.410. The molecule has 0 aliphatic carbocycles. The van der Waals surface area contributed by atoms with E-state index in [-0.39, 0.29) is 30.0 Å². The van der Waals surface area contributed by atoms with Crippen LogP contribution >= 0.6 is 0 Å². The van der Waals surface area contributed by atoms with Crippen molar-refractivity contribution in [2.75, 3.05) is 26.7 Å². The molecule has 3 heterocycles. The predicted molar refractivity (Wildman–Crippen MR) is 100 cm³/mol. The van der Waals surface area contributed by atoms with Gasteiger partial charge in [-0.05, 0) is 32.1 Å². The summed E-state index contributed by atoms with van der Waals surface area (Å²) < 4.78 is 1.51. The number of nitrogens with zero attached hydrogens (tertiary/aromatic N) is 4. The van der Waals surface area contributed by atoms with E-state index in [9.17, 15) is 14.4 Å². The van der Waals surface area contributed by atoms with E-state index in [1.54, 1.807) is 24.9 Å². The second-order valence-corrected chi connectivity index (χ2v) is 8.15. The highest BCUT2D eigenvalue weighted by Crippen LogP contribution is 2.26. The minimum Gasteiger partial charge on any atom is -0.354 e. The lowest BCUT2D eigenvalue weighted by Crippen LogP contribution is -2.62. The first-order valence-electron chi connectivity index (χ1n) is 9.67. The van der Waals surface area contributed by atoms with Gasteiger partial charge in [0.1, 0.15) is 11.2 Å². The Labute approximate surface area is 159 Å². The Morgan fingerprint density at radius 1 is 1.30 bits per heavy atom. The number of fused-ring (bicyclic) bond motifs is 1. The van der Waals surface area contributed by atoms with Crippen molar-refractivity contribution in [2.45, 2.75) is 52.1 Å². The number of hydrogen-bond acceptors (Lipinski definition) is 4. The Balaban J connectivity index is 1.80. The number of hydrogen-bond donors (Lipinski definition) is 1. The molecule has 1 N–H and O–H groups in total. The number of nitrogens with one attached hydrogen (secondary N) is 1. The van der Waals surface area contributed by atoms with Crippen LogP contribution in [0.15, 0.2) is 6.07 Å². The first kappa shape index (κ1) is 19.4. The molecule has 2 aliphatic heterocycles. The SMILES string of the molecule is CC(C)CCNC(=O)[C@@]1(C)Cn2nc(C(=O)N3CCCC3)cc2C(=O)N1C. The van der Waals surface area contributed by atoms with Crippen LogP contribution in [-0.2, 0) is 11.3 Å². The van der Waals surface area contributed by atoms with Crippen molar-refractivity contribution in [2.24, 2.45) is 5.92 Å². The van der Waals surface area contributed by atoms with E-state index in [4.69, 9.17) is 0 Å². The molecule has 8 nitrogen and oxygen atoms in total. The Bertz CT molecular complexity index is 751. The fraction of sp³-hybridized carbons (Fsp3) is 0.684. The van der Waals surface area contributed by atoms with Gasteiger partial charge in [-0.3, -0.25) is 19.1 Å². The summed E-state index contributed by atoms with van der Waals surface area (Å²) in [5, 5.41) is 7.30. The zero-order valence-corrected chi connectivity index (χ0v) is 16.6. The number of likely N-dealkylation sites (tertiary alicyclic amines) is 1. The molecule has 1 fully saturated rings. The number of likely N-dealkylation sites (N-methyl/N-ethyl adjacent to an activating group) is 1. The summed E-state index contributed by atoms with van der Waals surface area (Å²) >= 11 is 0. The van der Waals surface area contributed by atoms with Gasteiger partial charge in [0.15, 0.2) is 5.69 Å². The summed E-state index contributed by atoms with van der Waals surface area (Å²) in [5.74, 6) is -0.156. The molecule has 0 saturated carbocycles. The lowest BCUT2D eigenvalue weighted by molar-refractivity contribution is -0.132. The fourth-order valence-electron chi connectivity index (χ4n) is 3.58. The van der Waals surface area contributed by atoms with Crippen LogP contribution in [0.5, 0.6) is 0 Å². The zero-order chi connectivity index (χ0) is 19.8. The molecule has 148 valence electrons. The maximum Gasteiger partial charge on any atom is 0.274 e. The summed E-state index contributed by atoms with van der Waals surface area (Å²) in [6, 6.07) is 1.55. The van der Waals surface area contributed by atoms with Gasteiger partial charge in [-0.15, -0.1) is 0 Å². The van der Waals surface area contributed by atoms with E-state index in [2.05, 4.69) is 24.3 Å². The van der Waals surface area contributed by atoms with Crippen molar-refractivity contribution >= 4 is 17.7 Å². The van der Waals surface area contributed by atoms with E-state index in [0.717, 1.165) is 32.4 Å². The van der Waals surface area contributed by atoms with Crippen molar-refractivity contribution in [3.05, 3.63) is 17.5 Å². The van der Waals surface area contributed by atoms with Crippen molar-refractivity contribution in [1.82, 2.24) is 24.9 Å². The third kappa shape index (κ3) is 3.57. The Morgan fingerprint density at radius 2 is 1.96 bits per heavy atom. The molecule has 1 atom stereocenters. The quantitative estimate of drug-likeness (QED) is 0.836. The van der Waals surface area contributed by atoms with E-state index < -0.39 is 5.54 Å². The van der Waals surface area contributed by atoms with Gasteiger partial charge >= 0.3 is 0 Å². The Morgan fingerprint density at radius 3 is 2.59 bits per heavy atom. The smallest absolute Gasteiger partial charge is 0.274 e. The predicted octanol–water partition coefficient (Wildman–Crippen LogP) is 1.13. The number of aromatic nitrogens is 2. The molecule has 3 amide bonds. The van der Waals surface area contributed by atoms with Crippen LogP contribution in [0.25, 0.3) is 0 Å². The normalized spacial score (nSPS) is 22.3. The maximum absolute atomic E-state index is 12.8. The van der Waals surface area contributed by atoms with Gasteiger partial charge in [0.25, 0.3) is 11.8 Å². The van der Waals surface area contributed by atoms with Crippen molar-refractivity contribution in [1.29, 1.82) is 0 Å². The molecular weight excluding hydrogens is 346 g/mol. The summed E-state index contributed by atoms with van der Waals surface area (Å²) in [6.45, 7) is 8.18. The second kappa shape index (κ2) is 7.32. The van der Waals surface area contributed by atoms with E-state index in [1.165, 1.54) is 9.58 Å². The van der Waals surface area contributed by atoms with Crippen LogP contribution in [0.4, 0.5) is 0 Å². The standard InChI is InChI=1S/C19H29N5O3/c1-13(2)7-8-20-18(27)19(3)12-24-15(17(26)22(19)4)11-14(21-24)16(25)23-9-5-6-10-23/h11,13H,5-10,12H2,1-4H3,(H,20,27)/t19-/m1/s1. The minimum absolute atomic E-state index is 0.145. The zero-order valence-electron chi connectivity index (χ0n) is 16.6. The third-order valence-electron chi connectivity index (χ3n) is 5.61. The summed E-state index contributed by atoms with van der Waals surface area (Å²) in [4.78, 5) is 41.5. The first-order valence-corrected chi connectivity index (χ1v) is 9.67. The van der Waals surface area contributed by atoms with Crippen LogP contribution in [0.2, 0.25) is 0 Å². The number of carbonyl (C=O) groups excluding carboxylic acids is 3. The number of amides is 3. The van der Waals surface area contributed by atoms with Gasteiger partial charge in [-0.25, -0.2) is 0 Å². The Kier molecular flexibility index (Phi) is 5.26. The van der Waals surface area contributed by atoms with Crippen molar-refractivity contribution < 1.29 is 14.4 Å². The van der Waals surface area contributed by atoms with Crippen LogP contribution in [-0.4, -0.2) is 69.5 Å². The maximum atomic E-state index is 12.8. The average molecular weight is 375 g/mol. The van der Waals surface area contributed by atoms with E-state index in [1.807, 2.05) is 0 Å². The monoisotopic (exact) mass is 375 g/mol. The van der Waals surface area contributed by atoms with Crippen molar-refractivity contribution in [3.63, 3.8) is 0 Å². The molecule has 0 radical (unpaired) electrons. The molecule has 1 aromatic heterocycles. The molecular formula is C19H29N5O3.